The fraction of sp³-hybridized carbons (Fsp3) is 0.375. The molecule has 0 saturated carbocycles. The first-order valence-electron chi connectivity index (χ1n) is 7.23. The topological polar surface area (TPSA) is 80.6 Å². The first-order chi connectivity index (χ1) is 10.6. The first-order valence-corrected chi connectivity index (χ1v) is 7.23. The summed E-state index contributed by atoms with van der Waals surface area (Å²) >= 11 is 0. The van der Waals surface area contributed by atoms with Gasteiger partial charge < -0.3 is 19.7 Å². The minimum absolute atomic E-state index is 0.211. The van der Waals surface area contributed by atoms with Gasteiger partial charge in [0.15, 0.2) is 0 Å². The smallest absolute Gasteiger partial charge is 0.252 e. The fourth-order valence-corrected chi connectivity index (χ4v) is 2.74. The second kappa shape index (κ2) is 5.90. The summed E-state index contributed by atoms with van der Waals surface area (Å²) in [6.45, 7) is 0.710. The van der Waals surface area contributed by atoms with Gasteiger partial charge in [-0.15, -0.1) is 0 Å². The molecule has 2 aromatic rings. The predicted molar refractivity (Wildman–Crippen MR) is 81.9 cm³/mol. The molecule has 1 saturated heterocycles. The van der Waals surface area contributed by atoms with Gasteiger partial charge in [0.05, 0.1) is 29.8 Å². The number of para-hydroxylation sites is 1. The molecule has 1 aromatic carbocycles. The average Bonchev–Trinajstić information content (AvgIpc) is 2.53. The van der Waals surface area contributed by atoms with Crippen LogP contribution in [0.4, 0.5) is 0 Å². The number of pyridine rings is 1. The third kappa shape index (κ3) is 2.63. The molecule has 6 heteroatoms. The quantitative estimate of drug-likeness (QED) is 0.842. The summed E-state index contributed by atoms with van der Waals surface area (Å²) in [5.74, 6) is -0.347. The number of aliphatic hydroxyl groups is 1. The summed E-state index contributed by atoms with van der Waals surface area (Å²) in [7, 11) is 1.68. The molecule has 0 bridgehead atoms. The summed E-state index contributed by atoms with van der Waals surface area (Å²) in [6, 6.07) is 8.24. The van der Waals surface area contributed by atoms with Gasteiger partial charge in [-0.05, 0) is 12.5 Å². The molecule has 22 heavy (non-hydrogen) atoms. The van der Waals surface area contributed by atoms with E-state index in [-0.39, 0.29) is 24.1 Å². The highest BCUT2D eigenvalue weighted by Gasteiger charge is 2.26. The third-order valence-corrected chi connectivity index (χ3v) is 4.04. The van der Waals surface area contributed by atoms with Crippen molar-refractivity contribution in [2.24, 2.45) is 7.05 Å². The van der Waals surface area contributed by atoms with E-state index in [4.69, 9.17) is 4.74 Å². The number of carbonyl (C=O) groups is 1. The zero-order valence-electron chi connectivity index (χ0n) is 12.3. The molecule has 0 radical (unpaired) electrons. The summed E-state index contributed by atoms with van der Waals surface area (Å²) in [5, 5.41) is 13.4. The van der Waals surface area contributed by atoms with Crippen LogP contribution in [0, 0.1) is 0 Å². The van der Waals surface area contributed by atoms with Gasteiger partial charge in [-0.25, -0.2) is 0 Å². The molecule has 1 aromatic heterocycles. The molecule has 0 unspecified atom stereocenters. The number of hydrogen-bond donors (Lipinski definition) is 2. The average molecular weight is 302 g/mol. The van der Waals surface area contributed by atoms with Crippen LogP contribution in [-0.2, 0) is 11.8 Å². The van der Waals surface area contributed by atoms with Gasteiger partial charge in [-0.2, -0.15) is 0 Å². The number of aromatic nitrogens is 1. The van der Waals surface area contributed by atoms with Gasteiger partial charge in [0, 0.05) is 25.1 Å². The maximum atomic E-state index is 12.5. The van der Waals surface area contributed by atoms with E-state index in [1.54, 1.807) is 13.1 Å². The number of aliphatic hydroxyl groups excluding tert-OH is 1. The highest BCUT2D eigenvalue weighted by Crippen LogP contribution is 2.17. The number of hydrogen-bond acceptors (Lipinski definition) is 4. The van der Waals surface area contributed by atoms with E-state index in [0.717, 1.165) is 0 Å². The molecule has 0 spiro atoms. The lowest BCUT2D eigenvalue weighted by Crippen LogP contribution is -2.48. The van der Waals surface area contributed by atoms with Crippen LogP contribution in [0.3, 0.4) is 0 Å². The normalized spacial score (nSPS) is 21.7. The van der Waals surface area contributed by atoms with Gasteiger partial charge in [0.25, 0.3) is 11.5 Å². The lowest BCUT2D eigenvalue weighted by atomic mass is 10.0. The molecule has 2 heterocycles. The van der Waals surface area contributed by atoms with Crippen LogP contribution in [0.25, 0.3) is 10.9 Å². The van der Waals surface area contributed by atoms with Gasteiger partial charge in [0.2, 0.25) is 0 Å². The molecule has 2 atom stereocenters. The van der Waals surface area contributed by atoms with E-state index < -0.39 is 6.10 Å². The largest absolute Gasteiger partial charge is 0.389 e. The Morgan fingerprint density at radius 1 is 1.41 bits per heavy atom. The molecule has 2 N–H and O–H groups in total. The van der Waals surface area contributed by atoms with Crippen molar-refractivity contribution in [2.45, 2.75) is 18.6 Å². The maximum absolute atomic E-state index is 12.5. The van der Waals surface area contributed by atoms with Crippen LogP contribution in [0.1, 0.15) is 16.8 Å². The van der Waals surface area contributed by atoms with Crippen molar-refractivity contribution in [1.82, 2.24) is 9.88 Å². The molecular formula is C16H18N2O4. The Balaban J connectivity index is 1.97. The van der Waals surface area contributed by atoms with E-state index in [9.17, 15) is 14.7 Å². The molecular weight excluding hydrogens is 284 g/mol. The van der Waals surface area contributed by atoms with Crippen molar-refractivity contribution in [3.05, 3.63) is 46.2 Å². The second-order valence-electron chi connectivity index (χ2n) is 5.48. The Morgan fingerprint density at radius 3 is 2.95 bits per heavy atom. The van der Waals surface area contributed by atoms with E-state index in [1.807, 2.05) is 18.2 Å². The van der Waals surface area contributed by atoms with Gasteiger partial charge in [-0.1, -0.05) is 18.2 Å². The Hall–Kier alpha value is -2.18. The summed E-state index contributed by atoms with van der Waals surface area (Å²) < 4.78 is 6.66. The number of fused-ring (bicyclic) bond motifs is 1. The van der Waals surface area contributed by atoms with Crippen LogP contribution in [0.5, 0.6) is 0 Å². The Bertz CT molecular complexity index is 768. The van der Waals surface area contributed by atoms with Crippen LogP contribution < -0.4 is 10.9 Å². The van der Waals surface area contributed by atoms with E-state index in [0.29, 0.717) is 29.5 Å². The number of carbonyl (C=O) groups excluding carboxylic acids is 1. The van der Waals surface area contributed by atoms with Crippen molar-refractivity contribution in [1.29, 1.82) is 0 Å². The molecule has 1 amide bonds. The number of ether oxygens (including phenoxy) is 1. The zero-order chi connectivity index (χ0) is 15.7. The van der Waals surface area contributed by atoms with E-state index in [2.05, 4.69) is 5.32 Å². The van der Waals surface area contributed by atoms with Crippen LogP contribution in [0.2, 0.25) is 0 Å². The molecule has 6 nitrogen and oxygen atoms in total. The highest BCUT2D eigenvalue weighted by molar-refractivity contribution is 6.06. The Kier molecular flexibility index (Phi) is 3.96. The summed E-state index contributed by atoms with van der Waals surface area (Å²) in [6.07, 6.45) is -0.175. The van der Waals surface area contributed by atoms with Crippen molar-refractivity contribution in [2.75, 3.05) is 13.2 Å². The fourth-order valence-electron chi connectivity index (χ4n) is 2.74. The van der Waals surface area contributed by atoms with Crippen LogP contribution in [0.15, 0.2) is 35.1 Å². The molecule has 1 aliphatic heterocycles. The molecule has 116 valence electrons. The Morgan fingerprint density at radius 2 is 2.18 bits per heavy atom. The highest BCUT2D eigenvalue weighted by atomic mass is 16.5. The molecule has 1 fully saturated rings. The van der Waals surface area contributed by atoms with Gasteiger partial charge in [-0.3, -0.25) is 9.59 Å². The number of rotatable bonds is 2. The SMILES string of the molecule is Cn1c(=O)cc(C(=O)N[C@@H]2CCOC[C@H]2O)c2ccccc21. The van der Waals surface area contributed by atoms with E-state index in [1.165, 1.54) is 10.6 Å². The van der Waals surface area contributed by atoms with E-state index >= 15 is 0 Å². The van der Waals surface area contributed by atoms with Crippen molar-refractivity contribution in [3.8, 4) is 0 Å². The minimum atomic E-state index is -0.726. The van der Waals surface area contributed by atoms with Crippen molar-refractivity contribution in [3.63, 3.8) is 0 Å². The standard InChI is InChI=1S/C16H18N2O4/c1-18-13-5-3-2-4-10(13)11(8-15(18)20)16(21)17-12-6-7-22-9-14(12)19/h2-5,8,12,14,19H,6-7,9H2,1H3,(H,17,21)/t12-,14-/m1/s1. The minimum Gasteiger partial charge on any atom is -0.389 e. The monoisotopic (exact) mass is 302 g/mol. The lowest BCUT2D eigenvalue weighted by molar-refractivity contribution is -0.0260. The number of amides is 1. The van der Waals surface area contributed by atoms with Gasteiger partial charge >= 0.3 is 0 Å². The Labute approximate surface area is 127 Å². The maximum Gasteiger partial charge on any atom is 0.252 e. The number of aryl methyl sites for hydroxylation is 1. The van der Waals surface area contributed by atoms with Gasteiger partial charge in [0.1, 0.15) is 0 Å². The number of nitrogens with one attached hydrogen (secondary N) is 1. The second-order valence-corrected chi connectivity index (χ2v) is 5.48. The summed E-state index contributed by atoms with van der Waals surface area (Å²) in [4.78, 5) is 24.6. The zero-order valence-corrected chi connectivity index (χ0v) is 12.3. The van der Waals surface area contributed by atoms with Crippen LogP contribution in [-0.4, -0.2) is 40.9 Å². The van der Waals surface area contributed by atoms with Crippen molar-refractivity contribution < 1.29 is 14.6 Å². The summed E-state index contributed by atoms with van der Waals surface area (Å²) in [5.41, 5.74) is 0.793. The first kappa shape index (κ1) is 14.7. The predicted octanol–water partition coefficient (Wildman–Crippen LogP) is 0.418. The number of nitrogens with zero attached hydrogens (tertiary/aromatic N) is 1. The molecule has 0 aliphatic carbocycles. The van der Waals surface area contributed by atoms with Crippen molar-refractivity contribution >= 4 is 16.8 Å². The molecule has 1 aliphatic rings. The number of benzene rings is 1. The lowest BCUT2D eigenvalue weighted by Gasteiger charge is -2.28. The third-order valence-electron chi connectivity index (χ3n) is 4.04. The van der Waals surface area contributed by atoms with Crippen LogP contribution >= 0.6 is 0 Å². The molecule has 3 rings (SSSR count).